The molecule has 0 aromatic heterocycles. The van der Waals surface area contributed by atoms with Gasteiger partial charge in [0.25, 0.3) is 0 Å². The van der Waals surface area contributed by atoms with Crippen molar-refractivity contribution in [3.05, 3.63) is 240 Å². The molecular formula is C63H56BF16NO6SW2Y-2. The van der Waals surface area contributed by atoms with Gasteiger partial charge in [-0.05, 0) is 61.0 Å². The topological polar surface area (TPSA) is 103 Å². The molecule has 1 radical (unpaired) electrons. The minimum atomic E-state index is -3.59. The van der Waals surface area contributed by atoms with Crippen molar-refractivity contribution in [2.75, 3.05) is 7.11 Å². The number of rotatable bonds is 19. The maximum Gasteiger partial charge on any atom is 2.00 e. The molecule has 0 fully saturated rings. The predicted octanol–water partition coefficient (Wildman–Crippen LogP) is 16.9. The van der Waals surface area contributed by atoms with Gasteiger partial charge >= 0.3 is 113 Å². The summed E-state index contributed by atoms with van der Waals surface area (Å²) in [6.07, 6.45) is 7.19. The summed E-state index contributed by atoms with van der Waals surface area (Å²) < 4.78 is 240. The summed E-state index contributed by atoms with van der Waals surface area (Å²) in [5.41, 5.74) is 2.68. The summed E-state index contributed by atoms with van der Waals surface area (Å²) >= 11 is 0. The quantitative estimate of drug-likeness (QED) is 0.0116. The van der Waals surface area contributed by atoms with E-state index in [0.29, 0.717) is 24.8 Å². The molecule has 0 spiro atoms. The predicted molar refractivity (Wildman–Crippen MR) is 291 cm³/mol. The van der Waals surface area contributed by atoms with Crippen molar-refractivity contribution in [3.63, 3.8) is 0 Å². The van der Waals surface area contributed by atoms with Crippen LogP contribution in [0.4, 0.5) is 70.2 Å². The minimum Gasteiger partial charge on any atom is 0 e. The largest absolute Gasteiger partial charge is 2.00 e. The van der Waals surface area contributed by atoms with Gasteiger partial charge in [-0.2, -0.15) is 29.5 Å². The number of nitriles is 1. The first-order valence-corrected chi connectivity index (χ1v) is 27.9. The van der Waals surface area contributed by atoms with Crippen LogP contribution in [0.25, 0.3) is 0 Å². The zero-order chi connectivity index (χ0) is 66.4. The third kappa shape index (κ3) is 27.8. The molecule has 91 heavy (non-hydrogen) atoms. The fourth-order valence-corrected chi connectivity index (χ4v) is 8.28. The molecule has 0 bridgehead atoms. The Kier molecular flexibility index (Phi) is 43.8. The van der Waals surface area contributed by atoms with E-state index in [-0.39, 0.29) is 113 Å². The number of unbranched alkanes of at least 4 members (excludes halogenated alkanes) is 3. The molecule has 0 aliphatic rings. The molecule has 0 aliphatic carbocycles. The van der Waals surface area contributed by atoms with Crippen LogP contribution in [0.1, 0.15) is 121 Å². The van der Waals surface area contributed by atoms with Crippen molar-refractivity contribution in [2.24, 2.45) is 0 Å². The zero-order valence-electron chi connectivity index (χ0n) is 49.7. The van der Waals surface area contributed by atoms with Crippen molar-refractivity contribution in [2.45, 2.75) is 130 Å². The second-order valence-electron chi connectivity index (χ2n) is 18.4. The number of halogens is 16. The van der Waals surface area contributed by atoms with Gasteiger partial charge in [-0.15, -0.1) is 29.8 Å². The number of nitrogens with zero attached hydrogens (tertiary/aromatic N) is 1. The first-order valence-electron chi connectivity index (χ1n) is 26.5. The molecule has 7 aromatic carbocycles. The van der Waals surface area contributed by atoms with Gasteiger partial charge in [0.15, 0.2) is 0 Å². The molecule has 7 nitrogen and oxygen atoms in total. The van der Waals surface area contributed by atoms with Crippen LogP contribution in [-0.4, -0.2) is 22.9 Å². The van der Waals surface area contributed by atoms with Gasteiger partial charge in [-0.1, -0.05) is 107 Å². The van der Waals surface area contributed by atoms with E-state index in [2.05, 4.69) is 45.9 Å². The third-order valence-corrected chi connectivity index (χ3v) is 13.7. The fourth-order valence-electron chi connectivity index (χ4n) is 7.39. The van der Waals surface area contributed by atoms with Crippen LogP contribution in [0, 0.1) is 162 Å². The van der Waals surface area contributed by atoms with Gasteiger partial charge in [0.05, 0.1) is 18.7 Å². The molecule has 0 saturated carbocycles. The standard InChI is InChI=1S/C20H18F4N.C11H15O3S.C10H9F4.C8H8BO3.2C7H3F4.2W.Y/c1-2-3-6-13-7-4-8-14(16(13)12-25)9-5-10-15-19(23)17(21)11-18(22)20(15)24;1-3-4-7-10-8-5-6-9-11(10)15(12,13)14-2;1-2-3-4-6-9(13)7(11)5-8(12)10(6)14;1-7-4-2-3-5-8(7)6-11-12-9-10;2*1-3-6(10)4(8)2-5(9)7(3)11;;;/h4,7-8H,2-3,5-6,9-10H2,1H3;5,8-9H,3-4,7H2,1-2H3;2-4H2,1H3;2,4-5H,6H2,1H3;2*1H3;;;/q6*-1;2*+2;. The zero-order valence-corrected chi connectivity index (χ0v) is 59.2. The molecule has 487 valence electrons. The summed E-state index contributed by atoms with van der Waals surface area (Å²) in [5, 5.41) is 9.40. The molecule has 0 heterocycles. The van der Waals surface area contributed by atoms with Crippen molar-refractivity contribution >= 4 is 17.5 Å². The number of hydrogen-bond donors (Lipinski definition) is 0. The van der Waals surface area contributed by atoms with Crippen molar-refractivity contribution in [1.29, 1.82) is 5.26 Å². The second kappa shape index (κ2) is 45.3. The molecule has 7 aromatic rings. The van der Waals surface area contributed by atoms with Crippen LogP contribution in [0.2, 0.25) is 0 Å². The molecule has 0 atom stereocenters. The van der Waals surface area contributed by atoms with Crippen molar-refractivity contribution in [3.8, 4) is 6.07 Å². The molecular weight excluding hydrogens is 1670 g/mol. The second-order valence-corrected chi connectivity index (χ2v) is 20.1. The van der Waals surface area contributed by atoms with E-state index in [9.17, 15) is 88.6 Å². The molecule has 0 unspecified atom stereocenters. The van der Waals surface area contributed by atoms with Crippen LogP contribution in [0.15, 0.2) is 59.5 Å². The SMILES string of the molecule is CCCCc1c(F)c(F)[c-]c(F)c1F.CCCCc1cc[c-]cc1S(=O)(=O)OC.CCCCc1cccc(CCCc2c(F)c(F)[c-]c(F)c2F)c1C#N.Cc1c(F)c(F)[c-]c(F)c1F.Cc1c(F)c(F)[c-]c(F)c1F.Cc1cc[c-]cc1COOB=O.[W+2].[W+2].[Y]. The van der Waals surface area contributed by atoms with Gasteiger partial charge in [-0.25, -0.2) is 43.5 Å². The normalized spacial score (nSPS) is 10.2. The summed E-state index contributed by atoms with van der Waals surface area (Å²) in [7, 11) is -2.17. The average molecular weight is 1730 g/mol. The molecule has 0 amide bonds. The van der Waals surface area contributed by atoms with E-state index in [1.807, 2.05) is 38.1 Å². The Morgan fingerprint density at radius 1 is 0.495 bits per heavy atom. The summed E-state index contributed by atoms with van der Waals surface area (Å²) in [6, 6.07) is 29.1. The van der Waals surface area contributed by atoms with Gasteiger partial charge in [0.1, 0.15) is 0 Å². The van der Waals surface area contributed by atoms with Gasteiger partial charge in [0, 0.05) is 126 Å². The molecule has 0 N–H and O–H groups in total. The van der Waals surface area contributed by atoms with E-state index in [0.717, 1.165) is 80.2 Å². The molecule has 7 rings (SSSR count). The Labute approximate surface area is 573 Å². The summed E-state index contributed by atoms with van der Waals surface area (Å²) in [4.78, 5) is 8.90. The smallest absolute Gasteiger partial charge is 0 e. The maximum atomic E-state index is 13.7. The molecule has 0 saturated heterocycles. The molecule has 28 heteroatoms. The Hall–Kier alpha value is -5.07. The van der Waals surface area contributed by atoms with Crippen LogP contribution < -0.4 is 0 Å². The summed E-state index contributed by atoms with van der Waals surface area (Å²) in [6.45, 7) is 10.1. The summed E-state index contributed by atoms with van der Waals surface area (Å²) in [5.74, 6) is -23.0. The first-order chi connectivity index (χ1) is 41.6. The maximum absolute atomic E-state index is 13.7. The Morgan fingerprint density at radius 2 is 0.846 bits per heavy atom. The van der Waals surface area contributed by atoms with Crippen LogP contribution in [0.3, 0.4) is 0 Å². The van der Waals surface area contributed by atoms with Crippen LogP contribution >= 0.6 is 0 Å². The molecule has 0 aliphatic heterocycles. The average Bonchev–Trinajstić information content (AvgIpc) is 1.78. The first kappa shape index (κ1) is 88.0. The van der Waals surface area contributed by atoms with Gasteiger partial charge in [-0.3, -0.25) is 39.3 Å². The van der Waals surface area contributed by atoms with Crippen LogP contribution in [-0.2, 0) is 142 Å². The van der Waals surface area contributed by atoms with Crippen LogP contribution in [0.5, 0.6) is 0 Å². The Morgan fingerprint density at radius 3 is 1.22 bits per heavy atom. The Balaban J connectivity index is 0. The minimum absolute atomic E-state index is 0. The number of benzene rings is 7. The number of aryl methyl sites for hydroxylation is 4. The van der Waals surface area contributed by atoms with Gasteiger partial charge in [0.2, 0.25) is 10.1 Å². The van der Waals surface area contributed by atoms with E-state index in [1.165, 1.54) is 37.4 Å². The van der Waals surface area contributed by atoms with E-state index in [1.54, 1.807) is 24.3 Å². The number of hydrogen-bond acceptors (Lipinski definition) is 7. The van der Waals surface area contributed by atoms with E-state index < -0.39 is 125 Å². The van der Waals surface area contributed by atoms with Crippen molar-refractivity contribution < 1.29 is 172 Å². The van der Waals surface area contributed by atoms with E-state index >= 15 is 0 Å². The van der Waals surface area contributed by atoms with Crippen molar-refractivity contribution in [1.82, 2.24) is 0 Å². The monoisotopic (exact) mass is 1730 g/mol. The van der Waals surface area contributed by atoms with Gasteiger partial charge < -0.3 is 0 Å². The van der Waals surface area contributed by atoms with E-state index in [4.69, 9.17) is 0 Å². The fraction of sp³-hybridized carbons (Fsp3) is 0.317. The third-order valence-electron chi connectivity index (χ3n) is 12.3. The Bertz CT molecular complexity index is 3430.